The summed E-state index contributed by atoms with van der Waals surface area (Å²) in [5.74, 6) is 0.867. The molecule has 0 amide bonds. The second-order valence-electron chi connectivity index (χ2n) is 1.80. The van der Waals surface area contributed by atoms with Gasteiger partial charge in [-0.25, -0.2) is 0 Å². The fourth-order valence-electron chi connectivity index (χ4n) is 0.639. The molecule has 1 aromatic rings. The van der Waals surface area contributed by atoms with E-state index in [2.05, 4.69) is 0 Å². The molecule has 0 heterocycles. The molecule has 54 valence electrons. The number of aromatic hydroxyl groups is 1. The number of benzene rings is 1. The highest BCUT2D eigenvalue weighted by molar-refractivity contribution is 7.99. The first kappa shape index (κ1) is 7.44. The number of thioether (sulfide) groups is 1. The van der Waals surface area contributed by atoms with E-state index in [9.17, 15) is 0 Å². The molecule has 0 saturated heterocycles. The Morgan fingerprint density at radius 1 is 1.30 bits per heavy atom. The van der Waals surface area contributed by atoms with Gasteiger partial charge in [0.1, 0.15) is 5.75 Å². The smallest absolute Gasteiger partial charge is 0.115 e. The lowest BCUT2D eigenvalue weighted by atomic mass is 10.3. The molecule has 0 atom stereocenters. The second-order valence-corrected chi connectivity index (χ2v) is 2.90. The number of hydrogen-bond donors (Lipinski definition) is 2. The molecule has 1 aromatic carbocycles. The normalized spacial score (nSPS) is 9.70. The third kappa shape index (κ3) is 1.93. The lowest BCUT2D eigenvalue weighted by molar-refractivity contribution is 0.475. The molecule has 0 radical (unpaired) electrons. The Balaban J connectivity index is 2.69. The van der Waals surface area contributed by atoms with Crippen LogP contribution >= 0.6 is 11.8 Å². The molecule has 3 N–H and O–H groups in total. The average molecular weight is 155 g/mol. The van der Waals surface area contributed by atoms with E-state index < -0.39 is 0 Å². The van der Waals surface area contributed by atoms with Crippen LogP contribution in [0.25, 0.3) is 0 Å². The van der Waals surface area contributed by atoms with E-state index in [-0.39, 0.29) is 0 Å². The fourth-order valence-corrected chi connectivity index (χ4v) is 1.16. The van der Waals surface area contributed by atoms with Gasteiger partial charge in [0, 0.05) is 10.8 Å². The van der Waals surface area contributed by atoms with Crippen molar-refractivity contribution in [1.29, 1.82) is 0 Å². The van der Waals surface area contributed by atoms with Crippen LogP contribution in [0, 0.1) is 0 Å². The summed E-state index contributed by atoms with van der Waals surface area (Å²) in [7, 11) is 0. The minimum Gasteiger partial charge on any atom is -0.508 e. The maximum absolute atomic E-state index is 8.88. The van der Waals surface area contributed by atoms with Gasteiger partial charge in [-0.15, -0.1) is 11.8 Å². The second kappa shape index (κ2) is 3.49. The van der Waals surface area contributed by atoms with Crippen molar-refractivity contribution in [3.63, 3.8) is 0 Å². The molecule has 3 heteroatoms. The summed E-state index contributed by atoms with van der Waals surface area (Å²) < 4.78 is 0. The van der Waals surface area contributed by atoms with E-state index in [1.54, 1.807) is 23.9 Å². The number of rotatable bonds is 2. The summed E-state index contributed by atoms with van der Waals surface area (Å²) in [5.41, 5.74) is 5.30. The zero-order chi connectivity index (χ0) is 7.40. The molecule has 0 spiro atoms. The van der Waals surface area contributed by atoms with Crippen LogP contribution in [0.15, 0.2) is 29.2 Å². The summed E-state index contributed by atoms with van der Waals surface area (Å²) in [4.78, 5) is 1.08. The van der Waals surface area contributed by atoms with E-state index in [1.807, 2.05) is 12.1 Å². The van der Waals surface area contributed by atoms with Crippen LogP contribution in [0.2, 0.25) is 0 Å². The highest BCUT2D eigenvalue weighted by Crippen LogP contribution is 2.18. The van der Waals surface area contributed by atoms with Crippen molar-refractivity contribution >= 4 is 11.8 Å². The summed E-state index contributed by atoms with van der Waals surface area (Å²) in [6, 6.07) is 6.98. The average Bonchev–Trinajstić information content (AvgIpc) is 1.95. The van der Waals surface area contributed by atoms with E-state index in [0.29, 0.717) is 11.6 Å². The van der Waals surface area contributed by atoms with Gasteiger partial charge >= 0.3 is 0 Å². The Bertz CT molecular complexity index is 197. The highest BCUT2D eigenvalue weighted by Gasteiger charge is 1.89. The Hall–Kier alpha value is -0.670. The Morgan fingerprint density at radius 3 is 2.40 bits per heavy atom. The van der Waals surface area contributed by atoms with Crippen molar-refractivity contribution in [3.05, 3.63) is 24.3 Å². The molecule has 2 nitrogen and oxygen atoms in total. The van der Waals surface area contributed by atoms with Crippen LogP contribution in [0.3, 0.4) is 0 Å². The Labute approximate surface area is 64.1 Å². The van der Waals surface area contributed by atoms with Crippen molar-refractivity contribution in [2.45, 2.75) is 4.90 Å². The van der Waals surface area contributed by atoms with E-state index in [4.69, 9.17) is 10.8 Å². The topological polar surface area (TPSA) is 46.2 Å². The molecule has 0 aliphatic carbocycles. The van der Waals surface area contributed by atoms with Crippen molar-refractivity contribution in [2.24, 2.45) is 5.73 Å². The summed E-state index contributed by atoms with van der Waals surface area (Å²) in [6.07, 6.45) is 0. The third-order valence-electron chi connectivity index (χ3n) is 1.09. The first-order valence-electron chi connectivity index (χ1n) is 2.95. The summed E-state index contributed by atoms with van der Waals surface area (Å²) in [6.45, 7) is 0. The summed E-state index contributed by atoms with van der Waals surface area (Å²) >= 11 is 1.55. The molecule has 10 heavy (non-hydrogen) atoms. The maximum Gasteiger partial charge on any atom is 0.115 e. The molecule has 0 aliphatic rings. The Morgan fingerprint density at radius 2 is 1.90 bits per heavy atom. The first-order chi connectivity index (χ1) is 4.83. The SMILES string of the molecule is NCSc1ccc(O)cc1. The molecular formula is C7H9NOS. The van der Waals surface area contributed by atoms with Crippen molar-refractivity contribution in [1.82, 2.24) is 0 Å². The van der Waals surface area contributed by atoms with Crippen LogP contribution in [0.4, 0.5) is 0 Å². The molecule has 0 saturated carbocycles. The van der Waals surface area contributed by atoms with Gasteiger partial charge in [0.2, 0.25) is 0 Å². The van der Waals surface area contributed by atoms with Gasteiger partial charge in [0.25, 0.3) is 0 Å². The largest absolute Gasteiger partial charge is 0.508 e. The van der Waals surface area contributed by atoms with Gasteiger partial charge in [-0.3, -0.25) is 0 Å². The minimum atomic E-state index is 0.293. The molecule has 0 aromatic heterocycles. The van der Waals surface area contributed by atoms with Gasteiger partial charge in [0.15, 0.2) is 0 Å². The van der Waals surface area contributed by atoms with Crippen LogP contribution in [0.5, 0.6) is 5.75 Å². The molecule has 1 rings (SSSR count). The van der Waals surface area contributed by atoms with Crippen molar-refractivity contribution in [3.8, 4) is 5.75 Å². The predicted molar refractivity (Wildman–Crippen MR) is 43.0 cm³/mol. The lowest BCUT2D eigenvalue weighted by Gasteiger charge is -1.96. The van der Waals surface area contributed by atoms with Crippen molar-refractivity contribution in [2.75, 3.05) is 5.88 Å². The van der Waals surface area contributed by atoms with Gasteiger partial charge < -0.3 is 10.8 Å². The van der Waals surface area contributed by atoms with Crippen LogP contribution in [-0.2, 0) is 0 Å². The lowest BCUT2D eigenvalue weighted by Crippen LogP contribution is -1.90. The molecule has 0 bridgehead atoms. The fraction of sp³-hybridized carbons (Fsp3) is 0.143. The number of hydrogen-bond acceptors (Lipinski definition) is 3. The van der Waals surface area contributed by atoms with Gasteiger partial charge in [-0.05, 0) is 24.3 Å². The quantitative estimate of drug-likeness (QED) is 0.501. The van der Waals surface area contributed by atoms with E-state index >= 15 is 0 Å². The van der Waals surface area contributed by atoms with Crippen LogP contribution < -0.4 is 5.73 Å². The monoisotopic (exact) mass is 155 g/mol. The van der Waals surface area contributed by atoms with Gasteiger partial charge in [-0.1, -0.05) is 0 Å². The van der Waals surface area contributed by atoms with Crippen LogP contribution in [-0.4, -0.2) is 11.0 Å². The maximum atomic E-state index is 8.88. The first-order valence-corrected chi connectivity index (χ1v) is 3.93. The zero-order valence-electron chi connectivity index (χ0n) is 5.45. The van der Waals surface area contributed by atoms with Crippen LogP contribution in [0.1, 0.15) is 0 Å². The van der Waals surface area contributed by atoms with E-state index in [1.165, 1.54) is 0 Å². The highest BCUT2D eigenvalue weighted by atomic mass is 32.2. The standard InChI is InChI=1S/C7H9NOS/c8-5-10-7-3-1-6(9)2-4-7/h1-4,9H,5,8H2. The summed E-state index contributed by atoms with van der Waals surface area (Å²) in [5, 5.41) is 8.88. The Kier molecular flexibility index (Phi) is 2.59. The van der Waals surface area contributed by atoms with Gasteiger partial charge in [-0.2, -0.15) is 0 Å². The van der Waals surface area contributed by atoms with Gasteiger partial charge in [0.05, 0.1) is 0 Å². The number of phenolic OH excluding ortho intramolecular Hbond substituents is 1. The number of phenols is 1. The molecule has 0 unspecified atom stereocenters. The number of nitrogens with two attached hydrogens (primary N) is 1. The third-order valence-corrected chi connectivity index (χ3v) is 1.86. The van der Waals surface area contributed by atoms with E-state index in [0.717, 1.165) is 4.90 Å². The molecular weight excluding hydrogens is 146 g/mol. The molecule has 0 fully saturated rings. The zero-order valence-corrected chi connectivity index (χ0v) is 6.27. The molecule has 0 aliphatic heterocycles. The predicted octanol–water partition coefficient (Wildman–Crippen LogP) is 1.40. The van der Waals surface area contributed by atoms with Crippen molar-refractivity contribution < 1.29 is 5.11 Å². The minimum absolute atomic E-state index is 0.293.